The minimum absolute atomic E-state index is 0.0946. The summed E-state index contributed by atoms with van der Waals surface area (Å²) >= 11 is 7.81. The first-order valence-corrected chi connectivity index (χ1v) is 11.8. The number of hydrazine groups is 1. The number of amides is 3. The maximum Gasteiger partial charge on any atom is 0.433 e. The van der Waals surface area contributed by atoms with Crippen LogP contribution >= 0.6 is 22.9 Å². The number of nitrogens with one attached hydrogen (secondary N) is 2. The summed E-state index contributed by atoms with van der Waals surface area (Å²) < 4.78 is 5.09. The van der Waals surface area contributed by atoms with E-state index in [0.29, 0.717) is 21.3 Å². The van der Waals surface area contributed by atoms with Crippen LogP contribution in [0.1, 0.15) is 30.5 Å². The van der Waals surface area contributed by atoms with Gasteiger partial charge in [0.15, 0.2) is 5.01 Å². The molecular weight excluding hydrogens is 488 g/mol. The van der Waals surface area contributed by atoms with Crippen molar-refractivity contribution < 1.29 is 14.3 Å². The lowest BCUT2D eigenvalue weighted by atomic mass is 9.94. The Balaban J connectivity index is 1.62. The second kappa shape index (κ2) is 10.0. The lowest BCUT2D eigenvalue weighted by Gasteiger charge is -2.23. The van der Waals surface area contributed by atoms with Gasteiger partial charge in [-0.3, -0.25) is 10.3 Å². The van der Waals surface area contributed by atoms with Crippen LogP contribution in [0, 0.1) is 23.7 Å². The molecule has 176 valence electrons. The number of benzene rings is 1. The standard InChI is InChI=1S/C24H19ClN6O3S/c1-3-20-28-19(13-35-20)29-22(32)30-31(23(33)34-4-2)15-7-8-16(18(25)12-15)17-6-5-11-27-21(17)24(14-26)9-10-24/h1,5-8,11-13H,4,9-10H2,2H3,(H2,29,30,32). The molecule has 0 bridgehead atoms. The smallest absolute Gasteiger partial charge is 0.433 e. The molecule has 3 aromatic rings. The van der Waals surface area contributed by atoms with Gasteiger partial charge >= 0.3 is 12.1 Å². The number of carbonyl (C=O) groups is 2. The van der Waals surface area contributed by atoms with E-state index in [1.165, 1.54) is 17.4 Å². The molecule has 4 rings (SSSR count). The topological polar surface area (TPSA) is 120 Å². The molecule has 0 radical (unpaired) electrons. The third-order valence-electron chi connectivity index (χ3n) is 5.26. The SMILES string of the molecule is C#Cc1nc(NC(=O)NN(C(=O)OCC)c2ccc(-c3cccnc3C3(C#N)CC3)c(Cl)c2)cs1. The van der Waals surface area contributed by atoms with Crippen LogP contribution in [0.5, 0.6) is 0 Å². The van der Waals surface area contributed by atoms with E-state index in [2.05, 4.69) is 32.7 Å². The van der Waals surface area contributed by atoms with Crippen LogP contribution in [0.3, 0.4) is 0 Å². The zero-order chi connectivity index (χ0) is 25.0. The number of anilines is 2. The maximum atomic E-state index is 12.6. The molecule has 0 spiro atoms. The molecule has 0 aliphatic heterocycles. The number of nitrogens with zero attached hydrogens (tertiary/aromatic N) is 4. The zero-order valence-corrected chi connectivity index (χ0v) is 20.1. The van der Waals surface area contributed by atoms with Crippen LogP contribution in [-0.4, -0.2) is 28.7 Å². The Bertz CT molecular complexity index is 1370. The Hall–Kier alpha value is -4.12. The molecule has 2 N–H and O–H groups in total. The van der Waals surface area contributed by atoms with Gasteiger partial charge in [-0.2, -0.15) is 10.3 Å². The minimum atomic E-state index is -0.808. The highest BCUT2D eigenvalue weighted by atomic mass is 35.5. The second-order valence-corrected chi connectivity index (χ2v) is 8.81. The zero-order valence-electron chi connectivity index (χ0n) is 18.5. The van der Waals surface area contributed by atoms with Gasteiger partial charge in [0.2, 0.25) is 0 Å². The quantitative estimate of drug-likeness (QED) is 0.367. The molecule has 1 aliphatic rings. The van der Waals surface area contributed by atoms with Gasteiger partial charge in [-0.25, -0.2) is 20.0 Å². The van der Waals surface area contributed by atoms with Crippen LogP contribution in [0.4, 0.5) is 21.1 Å². The van der Waals surface area contributed by atoms with Crippen LogP contribution < -0.4 is 15.8 Å². The first-order chi connectivity index (χ1) is 16.9. The summed E-state index contributed by atoms with van der Waals surface area (Å²) in [5.41, 5.74) is 4.16. The molecule has 1 fully saturated rings. The van der Waals surface area contributed by atoms with Gasteiger partial charge in [0.25, 0.3) is 0 Å². The van der Waals surface area contributed by atoms with Crippen molar-refractivity contribution in [2.75, 3.05) is 16.9 Å². The van der Waals surface area contributed by atoms with Crippen molar-refractivity contribution in [1.82, 2.24) is 15.4 Å². The fourth-order valence-corrected chi connectivity index (χ4v) is 4.27. The Morgan fingerprint density at radius 1 is 1.34 bits per heavy atom. The van der Waals surface area contributed by atoms with Gasteiger partial charge in [-0.05, 0) is 43.9 Å². The van der Waals surface area contributed by atoms with E-state index in [1.807, 2.05) is 6.07 Å². The van der Waals surface area contributed by atoms with Crippen molar-refractivity contribution in [2.45, 2.75) is 25.2 Å². The number of terminal acetylenes is 1. The number of pyridine rings is 1. The number of hydrogen-bond acceptors (Lipinski definition) is 7. The highest BCUT2D eigenvalue weighted by molar-refractivity contribution is 7.10. The van der Waals surface area contributed by atoms with Crippen molar-refractivity contribution in [3.05, 3.63) is 57.6 Å². The summed E-state index contributed by atoms with van der Waals surface area (Å²) in [4.78, 5) is 33.7. The second-order valence-electron chi connectivity index (χ2n) is 7.54. The molecule has 0 atom stereocenters. The first-order valence-electron chi connectivity index (χ1n) is 10.5. The van der Waals surface area contributed by atoms with Gasteiger partial charge in [0, 0.05) is 22.7 Å². The predicted molar refractivity (Wildman–Crippen MR) is 133 cm³/mol. The molecule has 0 unspecified atom stereocenters. The fraction of sp³-hybridized carbons (Fsp3) is 0.208. The first kappa shape index (κ1) is 24.0. The van der Waals surface area contributed by atoms with Gasteiger partial charge in [-0.15, -0.1) is 17.8 Å². The Kier molecular flexibility index (Phi) is 6.87. The van der Waals surface area contributed by atoms with Crippen molar-refractivity contribution >= 4 is 46.6 Å². The average molecular weight is 507 g/mol. The molecule has 1 aliphatic carbocycles. The third-order valence-corrected chi connectivity index (χ3v) is 6.35. The molecule has 11 heteroatoms. The molecular formula is C24H19ClN6O3S. The molecule has 2 heterocycles. The van der Waals surface area contributed by atoms with Crippen LogP contribution in [0.2, 0.25) is 5.02 Å². The molecule has 0 saturated heterocycles. The Morgan fingerprint density at radius 3 is 2.77 bits per heavy atom. The van der Waals surface area contributed by atoms with E-state index in [-0.39, 0.29) is 18.1 Å². The number of hydrogen-bond donors (Lipinski definition) is 2. The van der Waals surface area contributed by atoms with E-state index in [9.17, 15) is 14.9 Å². The van der Waals surface area contributed by atoms with Gasteiger partial charge in [-0.1, -0.05) is 23.7 Å². The number of halogens is 1. The van der Waals surface area contributed by atoms with Crippen LogP contribution in [-0.2, 0) is 10.2 Å². The molecule has 1 aromatic carbocycles. The summed E-state index contributed by atoms with van der Waals surface area (Å²) in [6.07, 6.45) is 7.62. The van der Waals surface area contributed by atoms with Gasteiger partial charge in [0.1, 0.15) is 11.2 Å². The highest BCUT2D eigenvalue weighted by Crippen LogP contribution is 2.50. The number of rotatable bonds is 5. The Labute approximate surface area is 210 Å². The number of aromatic nitrogens is 2. The average Bonchev–Trinajstić information content (AvgIpc) is 3.53. The molecule has 2 aromatic heterocycles. The monoisotopic (exact) mass is 506 g/mol. The van der Waals surface area contributed by atoms with Crippen molar-refractivity contribution in [3.63, 3.8) is 0 Å². The van der Waals surface area contributed by atoms with Gasteiger partial charge < -0.3 is 4.74 Å². The maximum absolute atomic E-state index is 12.6. The largest absolute Gasteiger partial charge is 0.448 e. The number of urea groups is 1. The lowest BCUT2D eigenvalue weighted by Crippen LogP contribution is -2.48. The van der Waals surface area contributed by atoms with E-state index < -0.39 is 17.5 Å². The van der Waals surface area contributed by atoms with Crippen molar-refractivity contribution in [1.29, 1.82) is 5.26 Å². The van der Waals surface area contributed by atoms with Crippen molar-refractivity contribution in [2.24, 2.45) is 0 Å². The molecule has 9 nitrogen and oxygen atoms in total. The van der Waals surface area contributed by atoms with E-state index in [4.69, 9.17) is 22.8 Å². The predicted octanol–water partition coefficient (Wildman–Crippen LogP) is 5.09. The van der Waals surface area contributed by atoms with Gasteiger partial charge in [0.05, 0.1) is 29.1 Å². The normalized spacial score (nSPS) is 13.1. The van der Waals surface area contributed by atoms with Crippen LogP contribution in [0.15, 0.2) is 41.9 Å². The number of thiazole rings is 1. The summed E-state index contributed by atoms with van der Waals surface area (Å²) in [6, 6.07) is 10.1. The third kappa shape index (κ3) is 5.04. The van der Waals surface area contributed by atoms with E-state index in [1.54, 1.807) is 36.7 Å². The molecule has 3 amide bonds. The number of carbonyl (C=O) groups excluding carboxylic acids is 2. The number of nitriles is 1. The minimum Gasteiger partial charge on any atom is -0.448 e. The summed E-state index contributed by atoms with van der Waals surface area (Å²) in [5, 5.41) is 15.4. The lowest BCUT2D eigenvalue weighted by molar-refractivity contribution is 0.156. The van der Waals surface area contributed by atoms with Crippen LogP contribution in [0.25, 0.3) is 11.1 Å². The fourth-order valence-electron chi connectivity index (χ4n) is 3.44. The highest BCUT2D eigenvalue weighted by Gasteiger charge is 2.47. The molecule has 35 heavy (non-hydrogen) atoms. The van der Waals surface area contributed by atoms with E-state index in [0.717, 1.165) is 23.4 Å². The van der Waals surface area contributed by atoms with E-state index >= 15 is 0 Å². The van der Waals surface area contributed by atoms with Crippen molar-refractivity contribution in [3.8, 4) is 29.5 Å². The Morgan fingerprint density at radius 2 is 2.14 bits per heavy atom. The molecule has 1 saturated carbocycles. The number of ether oxygens (including phenoxy) is 1. The summed E-state index contributed by atoms with van der Waals surface area (Å²) in [7, 11) is 0. The summed E-state index contributed by atoms with van der Waals surface area (Å²) in [5.74, 6) is 2.63. The summed E-state index contributed by atoms with van der Waals surface area (Å²) in [6.45, 7) is 1.74.